The van der Waals surface area contributed by atoms with Crippen molar-refractivity contribution < 1.29 is 14.1 Å². The van der Waals surface area contributed by atoms with Crippen molar-refractivity contribution >= 4 is 24.0 Å². The maximum Gasteiger partial charge on any atom is 0.265 e. The molecule has 25 heavy (non-hydrogen) atoms. The van der Waals surface area contributed by atoms with Crippen LogP contribution >= 0.6 is 12.4 Å². The number of para-hydroxylation sites is 2. The molecule has 4 rings (SSSR count). The highest BCUT2D eigenvalue weighted by Gasteiger charge is 2.36. The fraction of sp³-hybridized carbons (Fsp3) is 0.471. The molecule has 134 valence electrons. The lowest BCUT2D eigenvalue weighted by Gasteiger charge is -2.28. The number of hydrogen-bond donors (Lipinski definition) is 1. The zero-order valence-electron chi connectivity index (χ0n) is 13.8. The molecule has 2 aliphatic rings. The predicted molar refractivity (Wildman–Crippen MR) is 93.9 cm³/mol. The van der Waals surface area contributed by atoms with Crippen LogP contribution in [0.1, 0.15) is 37.4 Å². The topological polar surface area (TPSA) is 94.5 Å². The molecule has 8 heteroatoms. The van der Waals surface area contributed by atoms with E-state index in [0.29, 0.717) is 24.7 Å². The molecule has 0 bridgehead atoms. The molecule has 0 atom stereocenters. The van der Waals surface area contributed by atoms with Gasteiger partial charge in [-0.3, -0.25) is 4.79 Å². The summed E-state index contributed by atoms with van der Waals surface area (Å²) in [7, 11) is 0. The maximum absolute atomic E-state index is 12.2. The second kappa shape index (κ2) is 7.01. The number of halogens is 1. The number of nitrogens with two attached hydrogens (primary N) is 1. The number of fused-ring (bicyclic) bond motifs is 1. The second-order valence-electron chi connectivity index (χ2n) is 6.43. The minimum atomic E-state index is -0.455. The fourth-order valence-electron chi connectivity index (χ4n) is 3.39. The Balaban J connectivity index is 0.00000182. The predicted octanol–water partition coefficient (Wildman–Crippen LogP) is 2.19. The normalized spacial score (nSPS) is 18.4. The zero-order chi connectivity index (χ0) is 16.6. The van der Waals surface area contributed by atoms with Gasteiger partial charge in [0.05, 0.1) is 11.2 Å². The second-order valence-corrected chi connectivity index (χ2v) is 6.43. The molecule has 0 saturated heterocycles. The van der Waals surface area contributed by atoms with Crippen molar-refractivity contribution in [2.45, 2.75) is 37.6 Å². The van der Waals surface area contributed by atoms with Crippen LogP contribution in [0.15, 0.2) is 28.8 Å². The molecule has 0 unspecified atom stereocenters. The number of nitrogens with zero attached hydrogens (tertiary/aromatic N) is 3. The maximum atomic E-state index is 12.2. The lowest BCUT2D eigenvalue weighted by atomic mass is 9.99. The quantitative estimate of drug-likeness (QED) is 0.893. The van der Waals surface area contributed by atoms with Crippen LogP contribution in [-0.2, 0) is 16.8 Å². The lowest BCUT2D eigenvalue weighted by Crippen LogP contribution is -2.40. The van der Waals surface area contributed by atoms with Gasteiger partial charge in [0.15, 0.2) is 12.4 Å². The van der Waals surface area contributed by atoms with Crippen LogP contribution < -0.4 is 15.4 Å². The smallest absolute Gasteiger partial charge is 0.265 e. The third-order valence-electron chi connectivity index (χ3n) is 4.77. The summed E-state index contributed by atoms with van der Waals surface area (Å²) in [6, 6.07) is 7.51. The van der Waals surface area contributed by atoms with Crippen LogP contribution in [-0.4, -0.2) is 29.2 Å². The van der Waals surface area contributed by atoms with Crippen molar-refractivity contribution in [3.05, 3.63) is 36.0 Å². The molecule has 1 aromatic heterocycles. The highest BCUT2D eigenvalue weighted by atomic mass is 35.5. The Kier molecular flexibility index (Phi) is 4.96. The third kappa shape index (κ3) is 3.34. The summed E-state index contributed by atoms with van der Waals surface area (Å²) in [6.45, 7) is 0.524. The monoisotopic (exact) mass is 364 g/mol. The summed E-state index contributed by atoms with van der Waals surface area (Å²) in [6.07, 6.45) is 4.46. The number of hydrogen-bond acceptors (Lipinski definition) is 6. The van der Waals surface area contributed by atoms with Crippen LogP contribution in [0, 0.1) is 0 Å². The van der Waals surface area contributed by atoms with E-state index in [1.165, 1.54) is 0 Å². The molecular formula is C17H21ClN4O3. The highest BCUT2D eigenvalue weighted by Crippen LogP contribution is 2.35. The fourth-order valence-corrected chi connectivity index (χ4v) is 3.39. The molecule has 7 nitrogen and oxygen atoms in total. The Morgan fingerprint density at radius 3 is 2.80 bits per heavy atom. The van der Waals surface area contributed by atoms with E-state index in [4.69, 9.17) is 15.0 Å². The van der Waals surface area contributed by atoms with Gasteiger partial charge in [0.25, 0.3) is 5.91 Å². The Labute approximate surface area is 151 Å². The van der Waals surface area contributed by atoms with Crippen LogP contribution in [0.5, 0.6) is 5.75 Å². The first-order chi connectivity index (χ1) is 11.7. The van der Waals surface area contributed by atoms with Crippen molar-refractivity contribution in [2.75, 3.05) is 18.1 Å². The molecule has 1 aliphatic carbocycles. The Hall–Kier alpha value is -2.12. The summed E-state index contributed by atoms with van der Waals surface area (Å²) in [5.41, 5.74) is 6.67. The average Bonchev–Trinajstić information content (AvgIpc) is 3.24. The molecule has 2 heterocycles. The first-order valence-electron chi connectivity index (χ1n) is 8.30. The van der Waals surface area contributed by atoms with E-state index in [0.717, 1.165) is 37.1 Å². The van der Waals surface area contributed by atoms with Crippen molar-refractivity contribution in [3.63, 3.8) is 0 Å². The number of anilines is 1. The van der Waals surface area contributed by atoms with E-state index in [9.17, 15) is 4.79 Å². The molecular weight excluding hydrogens is 344 g/mol. The van der Waals surface area contributed by atoms with Gasteiger partial charge in [0, 0.05) is 13.0 Å². The third-order valence-corrected chi connectivity index (χ3v) is 4.77. The van der Waals surface area contributed by atoms with Crippen molar-refractivity contribution in [1.82, 2.24) is 10.1 Å². The van der Waals surface area contributed by atoms with Gasteiger partial charge in [-0.05, 0) is 25.0 Å². The number of aromatic nitrogens is 2. The Morgan fingerprint density at radius 2 is 2.00 bits per heavy atom. The number of ether oxygens (including phenoxy) is 1. The van der Waals surface area contributed by atoms with E-state index < -0.39 is 5.54 Å². The minimum Gasteiger partial charge on any atom is -0.482 e. The van der Waals surface area contributed by atoms with Crippen LogP contribution in [0.3, 0.4) is 0 Å². The average molecular weight is 365 g/mol. The molecule has 1 aliphatic heterocycles. The SMILES string of the molecule is Cl.NC1(c2noc(CCN3C(=O)COc4ccccc43)n2)CCCC1. The first kappa shape index (κ1) is 17.7. The number of carbonyl (C=O) groups excluding carboxylic acids is 1. The van der Waals surface area contributed by atoms with Crippen LogP contribution in [0.25, 0.3) is 0 Å². The Morgan fingerprint density at radius 1 is 1.24 bits per heavy atom. The summed E-state index contributed by atoms with van der Waals surface area (Å²) < 4.78 is 10.8. The molecule has 0 radical (unpaired) electrons. The zero-order valence-corrected chi connectivity index (χ0v) is 14.6. The van der Waals surface area contributed by atoms with E-state index >= 15 is 0 Å². The standard InChI is InChI=1S/C17H20N4O3.ClH/c18-17(8-3-4-9-17)16-19-14(24-20-16)7-10-21-12-5-1-2-6-13(12)23-11-15(21)22;/h1-2,5-6H,3-4,7-11,18H2;1H. The minimum absolute atomic E-state index is 0. The lowest BCUT2D eigenvalue weighted by molar-refractivity contribution is -0.121. The summed E-state index contributed by atoms with van der Waals surface area (Å²) in [4.78, 5) is 18.3. The molecule has 0 spiro atoms. The van der Waals surface area contributed by atoms with Crippen molar-refractivity contribution in [3.8, 4) is 5.75 Å². The van der Waals surface area contributed by atoms with Crippen LogP contribution in [0.2, 0.25) is 0 Å². The van der Waals surface area contributed by atoms with Gasteiger partial charge in [0.2, 0.25) is 5.89 Å². The van der Waals surface area contributed by atoms with Gasteiger partial charge < -0.3 is 19.9 Å². The van der Waals surface area contributed by atoms with E-state index in [2.05, 4.69) is 10.1 Å². The van der Waals surface area contributed by atoms with Crippen molar-refractivity contribution in [1.29, 1.82) is 0 Å². The van der Waals surface area contributed by atoms with Crippen LogP contribution in [0.4, 0.5) is 5.69 Å². The number of rotatable bonds is 4. The van der Waals surface area contributed by atoms with Gasteiger partial charge in [-0.1, -0.05) is 30.1 Å². The van der Waals surface area contributed by atoms with Crippen molar-refractivity contribution in [2.24, 2.45) is 5.73 Å². The van der Waals surface area contributed by atoms with Gasteiger partial charge in [-0.2, -0.15) is 4.98 Å². The van der Waals surface area contributed by atoms with Gasteiger partial charge >= 0.3 is 0 Å². The summed E-state index contributed by atoms with van der Waals surface area (Å²) in [5.74, 6) is 1.75. The number of carbonyl (C=O) groups is 1. The van der Waals surface area contributed by atoms with E-state index in [1.54, 1.807) is 4.90 Å². The molecule has 2 aromatic rings. The highest BCUT2D eigenvalue weighted by molar-refractivity contribution is 5.97. The number of benzene rings is 1. The first-order valence-corrected chi connectivity index (χ1v) is 8.30. The molecule has 1 aromatic carbocycles. The van der Waals surface area contributed by atoms with E-state index in [1.807, 2.05) is 24.3 Å². The molecule has 1 fully saturated rings. The van der Waals surface area contributed by atoms with E-state index in [-0.39, 0.29) is 24.9 Å². The summed E-state index contributed by atoms with van der Waals surface area (Å²) in [5, 5.41) is 4.06. The summed E-state index contributed by atoms with van der Waals surface area (Å²) >= 11 is 0. The molecule has 1 amide bonds. The van der Waals surface area contributed by atoms with Gasteiger partial charge in [-0.25, -0.2) is 0 Å². The van der Waals surface area contributed by atoms with Gasteiger partial charge in [0.1, 0.15) is 5.75 Å². The largest absolute Gasteiger partial charge is 0.482 e. The number of amides is 1. The molecule has 1 saturated carbocycles. The molecule has 2 N–H and O–H groups in total. The van der Waals surface area contributed by atoms with Gasteiger partial charge in [-0.15, -0.1) is 12.4 Å². The Bertz CT molecular complexity index is 758.